The Hall–Kier alpha value is -3.89. The summed E-state index contributed by atoms with van der Waals surface area (Å²) in [6.07, 6.45) is 0. The van der Waals surface area contributed by atoms with E-state index in [0.717, 1.165) is 11.2 Å². The lowest BCUT2D eigenvalue weighted by atomic mass is 10.1. The van der Waals surface area contributed by atoms with Crippen LogP contribution in [0.2, 0.25) is 26.2 Å². The van der Waals surface area contributed by atoms with Gasteiger partial charge in [0.25, 0.3) is 0 Å². The highest BCUT2D eigenvalue weighted by molar-refractivity contribution is 7.83. The molecule has 0 aliphatic carbocycles. The second kappa shape index (κ2) is 8.83. The van der Waals surface area contributed by atoms with E-state index in [0.29, 0.717) is 0 Å². The Kier molecular flexibility index (Phi) is 5.26. The van der Waals surface area contributed by atoms with Crippen molar-refractivity contribution in [1.82, 2.24) is 4.98 Å². The zero-order chi connectivity index (χ0) is 29.1. The zero-order valence-corrected chi connectivity index (χ0v) is 27.8. The summed E-state index contributed by atoms with van der Waals surface area (Å²) in [6.45, 7) is 10.4. The van der Waals surface area contributed by atoms with Crippen LogP contribution in [0.5, 0.6) is 0 Å². The molecule has 0 saturated heterocycles. The van der Waals surface area contributed by atoms with Crippen molar-refractivity contribution in [3.05, 3.63) is 121 Å². The van der Waals surface area contributed by atoms with Crippen LogP contribution in [0, 0.1) is 0 Å². The Morgan fingerprint density at radius 3 is 1.47 bits per heavy atom. The average Bonchev–Trinajstić information content (AvgIpc) is 3.03. The molecule has 43 heavy (non-hydrogen) atoms. The first kappa shape index (κ1) is 25.6. The van der Waals surface area contributed by atoms with Gasteiger partial charge in [0.15, 0.2) is 0 Å². The predicted molar refractivity (Wildman–Crippen MR) is 194 cm³/mol. The van der Waals surface area contributed by atoms with Gasteiger partial charge in [-0.3, -0.25) is 0 Å². The van der Waals surface area contributed by atoms with Crippen molar-refractivity contribution in [1.29, 1.82) is 0 Å². The zero-order valence-electron chi connectivity index (χ0n) is 24.9. The average molecular weight is 602 g/mol. The van der Waals surface area contributed by atoms with Gasteiger partial charge in [0, 0.05) is 5.39 Å². The maximum absolute atomic E-state index is 5.21. The van der Waals surface area contributed by atoms with E-state index in [9.17, 15) is 0 Å². The van der Waals surface area contributed by atoms with Gasteiger partial charge in [0.2, 0.25) is 0 Å². The summed E-state index contributed by atoms with van der Waals surface area (Å²) in [4.78, 5) is 5.21. The fourth-order valence-electron chi connectivity index (χ4n) is 7.69. The number of para-hydroxylation sites is 1. The molecule has 2 aliphatic heterocycles. The van der Waals surface area contributed by atoms with Gasteiger partial charge in [-0.25, -0.2) is 4.98 Å². The molecule has 0 atom stereocenters. The van der Waals surface area contributed by atoms with Crippen LogP contribution in [0.1, 0.15) is 0 Å². The molecule has 2 aliphatic rings. The van der Waals surface area contributed by atoms with Crippen molar-refractivity contribution in [2.75, 3.05) is 0 Å². The summed E-state index contributed by atoms with van der Waals surface area (Å²) in [6, 6.07) is 46.3. The van der Waals surface area contributed by atoms with Crippen molar-refractivity contribution >= 4 is 93.2 Å². The summed E-state index contributed by atoms with van der Waals surface area (Å²) in [5.74, 6) is 0. The normalized spacial score (nSPS) is 16.2. The Labute approximate surface area is 256 Å². The summed E-state index contributed by atoms with van der Waals surface area (Å²) in [5.41, 5.74) is 3.43. The van der Waals surface area contributed by atoms with Crippen molar-refractivity contribution in [3.8, 4) is 11.3 Å². The monoisotopic (exact) mass is 601 g/mol. The molecule has 0 radical (unpaired) electrons. The van der Waals surface area contributed by atoms with Crippen LogP contribution in [0.25, 0.3) is 43.7 Å². The van der Waals surface area contributed by atoms with E-state index in [-0.39, 0.29) is 0 Å². The minimum absolute atomic E-state index is 0.675. The second-order valence-electron chi connectivity index (χ2n) is 13.3. The van der Waals surface area contributed by atoms with Crippen molar-refractivity contribution < 1.29 is 0 Å². The van der Waals surface area contributed by atoms with Gasteiger partial charge in [-0.15, -0.1) is 0 Å². The maximum Gasteiger partial charge on any atom is 0.113 e. The van der Waals surface area contributed by atoms with Gasteiger partial charge in [0.05, 0.1) is 11.2 Å². The highest BCUT2D eigenvalue weighted by atomic mass is 31.1. The molecule has 3 heterocycles. The number of rotatable bonds is 1. The summed E-state index contributed by atoms with van der Waals surface area (Å²) >= 11 is 0. The predicted octanol–water partition coefficient (Wildman–Crippen LogP) is 6.24. The molecule has 0 saturated carbocycles. The van der Waals surface area contributed by atoms with Crippen molar-refractivity contribution in [3.63, 3.8) is 0 Å². The largest absolute Gasteiger partial charge is 0.248 e. The minimum Gasteiger partial charge on any atom is -0.248 e. The summed E-state index contributed by atoms with van der Waals surface area (Å²) < 4.78 is 0. The van der Waals surface area contributed by atoms with Crippen LogP contribution in [0.4, 0.5) is 0 Å². The minimum atomic E-state index is -2.05. The molecule has 0 bridgehead atoms. The molecule has 6 aromatic carbocycles. The smallest absolute Gasteiger partial charge is 0.113 e. The molecule has 0 unspecified atom stereocenters. The summed E-state index contributed by atoms with van der Waals surface area (Å²) in [5, 5.41) is 18.0. The van der Waals surface area contributed by atoms with E-state index in [2.05, 4.69) is 148 Å². The third-order valence-corrected chi connectivity index (χ3v) is 20.6. The fraction of sp³-hybridized carbons (Fsp3) is 0.103. The van der Waals surface area contributed by atoms with Crippen molar-refractivity contribution in [2.45, 2.75) is 26.2 Å². The van der Waals surface area contributed by atoms with E-state index in [1.165, 1.54) is 32.5 Å². The third-order valence-electron chi connectivity index (χ3n) is 10.1. The van der Waals surface area contributed by atoms with Gasteiger partial charge in [-0.2, -0.15) is 0 Å². The second-order valence-corrected chi connectivity index (χ2v) is 24.1. The van der Waals surface area contributed by atoms with Crippen LogP contribution in [0.3, 0.4) is 0 Å². The number of hydrogen-bond acceptors (Lipinski definition) is 1. The summed E-state index contributed by atoms with van der Waals surface area (Å²) in [7, 11) is -4.77. The van der Waals surface area contributed by atoms with Gasteiger partial charge >= 0.3 is 0 Å². The van der Waals surface area contributed by atoms with Crippen LogP contribution in [-0.2, 0) is 0 Å². The lowest BCUT2D eigenvalue weighted by Crippen LogP contribution is -2.76. The Balaban J connectivity index is 1.41. The van der Waals surface area contributed by atoms with Gasteiger partial charge < -0.3 is 0 Å². The highest BCUT2D eigenvalue weighted by Gasteiger charge is 2.48. The number of benzene rings is 6. The molecule has 0 spiro atoms. The third kappa shape index (κ3) is 3.56. The first-order chi connectivity index (χ1) is 20.8. The first-order valence-electron chi connectivity index (χ1n) is 15.2. The first-order valence-corrected chi connectivity index (χ1v) is 22.6. The standard InChI is InChI=1S/C39H32NPSi2/c1-42(2)35-21-28-14-7-5-12-26(28)19-33(35)41-34-20-27-13-6-8-15-29(27)22-36(34)43(3,4)38-24-30(23-37(42)39(38)41)32-18-17-25-11-9-10-16-31(25)40-32/h5-24H,1-4H3. The number of fused-ring (bicyclic) bond motifs is 7. The van der Waals surface area contributed by atoms with E-state index in [4.69, 9.17) is 4.98 Å². The number of aromatic nitrogens is 1. The molecular weight excluding hydrogens is 570 g/mol. The number of pyridine rings is 1. The van der Waals surface area contributed by atoms with E-state index in [1.54, 1.807) is 36.7 Å². The molecule has 0 fully saturated rings. The topological polar surface area (TPSA) is 12.9 Å². The molecular formula is C39H32NPSi2. The van der Waals surface area contributed by atoms with Gasteiger partial charge in [0.1, 0.15) is 16.1 Å². The Morgan fingerprint density at radius 2 is 0.930 bits per heavy atom. The quantitative estimate of drug-likeness (QED) is 0.160. The SMILES string of the molecule is C[Si]1(C)c2cc3ccccc3cc2P2c3cc4ccccc4cc3[Si](C)(C)c3cc(-c4ccc5ccccc5n4)cc1c32. The van der Waals surface area contributed by atoms with Crippen LogP contribution >= 0.6 is 7.92 Å². The number of nitrogens with zero attached hydrogens (tertiary/aromatic N) is 1. The number of hydrogen-bond donors (Lipinski definition) is 0. The Morgan fingerprint density at radius 1 is 0.465 bits per heavy atom. The van der Waals surface area contributed by atoms with Gasteiger partial charge in [-0.05, 0) is 96.0 Å². The van der Waals surface area contributed by atoms with E-state index in [1.807, 2.05) is 0 Å². The van der Waals surface area contributed by atoms with Gasteiger partial charge in [-0.1, -0.05) is 123 Å². The fourth-order valence-corrected chi connectivity index (χ4v) is 20.5. The molecule has 1 aromatic heterocycles. The molecule has 4 heteroatoms. The molecule has 206 valence electrons. The van der Waals surface area contributed by atoms with Crippen LogP contribution in [0.15, 0.2) is 121 Å². The van der Waals surface area contributed by atoms with E-state index < -0.39 is 24.1 Å². The molecule has 9 rings (SSSR count). The molecule has 0 N–H and O–H groups in total. The highest BCUT2D eigenvalue weighted by Crippen LogP contribution is 2.40. The van der Waals surface area contributed by atoms with Crippen LogP contribution in [-0.4, -0.2) is 21.1 Å². The maximum atomic E-state index is 5.21. The molecule has 0 amide bonds. The lowest BCUT2D eigenvalue weighted by Gasteiger charge is -2.47. The van der Waals surface area contributed by atoms with Crippen molar-refractivity contribution in [2.24, 2.45) is 0 Å². The lowest BCUT2D eigenvalue weighted by molar-refractivity contribution is 1.40. The Bertz CT molecular complexity index is 2200. The molecule has 7 aromatic rings. The van der Waals surface area contributed by atoms with Crippen LogP contribution < -0.4 is 36.7 Å². The van der Waals surface area contributed by atoms with E-state index >= 15 is 0 Å². The molecule has 1 nitrogen and oxygen atoms in total.